The van der Waals surface area contributed by atoms with Crippen LogP contribution in [0.4, 0.5) is 0 Å². The van der Waals surface area contributed by atoms with Crippen molar-refractivity contribution >= 4 is 11.9 Å². The maximum absolute atomic E-state index is 12.6. The summed E-state index contributed by atoms with van der Waals surface area (Å²) in [6, 6.07) is 2.01. The van der Waals surface area contributed by atoms with Gasteiger partial charge in [0.05, 0.1) is 5.69 Å². The number of ketones is 1. The maximum atomic E-state index is 12.6. The zero-order valence-corrected chi connectivity index (χ0v) is 12.1. The van der Waals surface area contributed by atoms with Crippen LogP contribution >= 0.6 is 0 Å². The van der Waals surface area contributed by atoms with Crippen molar-refractivity contribution in [2.45, 2.75) is 53.0 Å². The van der Waals surface area contributed by atoms with Crippen molar-refractivity contribution in [1.82, 2.24) is 4.57 Å². The molecule has 0 saturated carbocycles. The second-order valence-corrected chi connectivity index (χ2v) is 6.86. The molecule has 0 spiro atoms. The smallest absolute Gasteiger partial charge is 0.184 e. The van der Waals surface area contributed by atoms with Crippen molar-refractivity contribution in [3.8, 4) is 0 Å². The fourth-order valence-corrected chi connectivity index (χ4v) is 2.78. The molecule has 0 unspecified atom stereocenters. The molecule has 2 heterocycles. The molecule has 1 aliphatic rings. The zero-order valence-electron chi connectivity index (χ0n) is 12.1. The number of nitrogens with zero attached hydrogens (tertiary/aromatic N) is 1. The summed E-state index contributed by atoms with van der Waals surface area (Å²) < 4.78 is 2.23. The number of Topliss-reactive ketones (excluding diaryl/α,β-unsaturated/α-hetero) is 1. The second-order valence-electron chi connectivity index (χ2n) is 6.86. The van der Waals surface area contributed by atoms with E-state index in [1.165, 1.54) is 5.69 Å². The minimum atomic E-state index is -0.341. The Bertz CT molecular complexity index is 512. The van der Waals surface area contributed by atoms with E-state index in [4.69, 9.17) is 0 Å². The molecule has 1 aliphatic heterocycles. The van der Waals surface area contributed by atoms with Crippen molar-refractivity contribution in [3.05, 3.63) is 29.6 Å². The van der Waals surface area contributed by atoms with Crippen LogP contribution in [-0.2, 0) is 12.0 Å². The Labute approximate surface area is 110 Å². The Kier molecular flexibility index (Phi) is 2.80. The maximum Gasteiger partial charge on any atom is 0.184 e. The van der Waals surface area contributed by atoms with Crippen LogP contribution in [-0.4, -0.2) is 10.4 Å². The van der Waals surface area contributed by atoms with Gasteiger partial charge in [-0.3, -0.25) is 4.79 Å². The fraction of sp³-hybridized carbons (Fsp3) is 0.562. The van der Waals surface area contributed by atoms with E-state index in [1.54, 1.807) is 0 Å². The number of carbonyl (C=O) groups is 1. The van der Waals surface area contributed by atoms with Crippen LogP contribution in [0.3, 0.4) is 0 Å². The molecule has 2 rings (SSSR count). The number of aromatic nitrogens is 1. The normalized spacial score (nSPS) is 17.6. The van der Waals surface area contributed by atoms with Crippen LogP contribution in [0.2, 0.25) is 0 Å². The van der Waals surface area contributed by atoms with E-state index >= 15 is 0 Å². The number of hydrogen-bond donors (Lipinski definition) is 0. The molecule has 0 aliphatic carbocycles. The van der Waals surface area contributed by atoms with Crippen LogP contribution in [0.25, 0.3) is 6.08 Å². The number of carbonyl (C=O) groups excluding carboxylic acids is 1. The Balaban J connectivity index is 2.64. The molecule has 2 nitrogen and oxygen atoms in total. The average Bonchev–Trinajstić information content (AvgIpc) is 2.75. The SMILES string of the molecule is C=Cc1cc(C(=O)C(C)(C)C)n2c1CCC2(C)C. The van der Waals surface area contributed by atoms with Crippen LogP contribution in [0.1, 0.15) is 62.8 Å². The zero-order chi connectivity index (χ0) is 13.7. The highest BCUT2D eigenvalue weighted by Gasteiger charge is 2.37. The van der Waals surface area contributed by atoms with E-state index in [0.29, 0.717) is 0 Å². The molecule has 1 aromatic heterocycles. The minimum absolute atomic E-state index is 0.0346. The summed E-state index contributed by atoms with van der Waals surface area (Å²) in [4.78, 5) is 12.6. The van der Waals surface area contributed by atoms with Crippen LogP contribution in [0, 0.1) is 5.41 Å². The monoisotopic (exact) mass is 245 g/mol. The first kappa shape index (κ1) is 13.1. The van der Waals surface area contributed by atoms with Gasteiger partial charge in [0.15, 0.2) is 5.78 Å². The Hall–Kier alpha value is -1.31. The quantitative estimate of drug-likeness (QED) is 0.721. The van der Waals surface area contributed by atoms with Gasteiger partial charge in [0.25, 0.3) is 0 Å². The largest absolute Gasteiger partial charge is 0.336 e. The average molecular weight is 245 g/mol. The molecular formula is C16H23NO. The summed E-state index contributed by atoms with van der Waals surface area (Å²) in [5.74, 6) is 0.215. The number of rotatable bonds is 2. The molecule has 1 aromatic rings. The van der Waals surface area contributed by atoms with Gasteiger partial charge in [0, 0.05) is 16.6 Å². The summed E-state index contributed by atoms with van der Waals surface area (Å²) in [7, 11) is 0. The van der Waals surface area contributed by atoms with E-state index in [1.807, 2.05) is 32.9 Å². The molecule has 0 bridgehead atoms. The molecule has 18 heavy (non-hydrogen) atoms. The summed E-state index contributed by atoms with van der Waals surface area (Å²) in [5.41, 5.74) is 2.92. The molecular weight excluding hydrogens is 222 g/mol. The molecule has 0 atom stereocenters. The highest BCUT2D eigenvalue weighted by Crippen LogP contribution is 2.38. The fourth-order valence-electron chi connectivity index (χ4n) is 2.78. The third kappa shape index (κ3) is 1.84. The molecule has 0 aromatic carbocycles. The first-order valence-electron chi connectivity index (χ1n) is 6.61. The van der Waals surface area contributed by atoms with Gasteiger partial charge in [-0.05, 0) is 38.3 Å². The van der Waals surface area contributed by atoms with Gasteiger partial charge in [0.2, 0.25) is 0 Å². The van der Waals surface area contributed by atoms with E-state index in [9.17, 15) is 4.79 Å². The van der Waals surface area contributed by atoms with E-state index in [2.05, 4.69) is 25.0 Å². The standard InChI is InChI=1S/C16H23NO/c1-7-11-10-13(14(18)15(2,3)4)17-12(11)8-9-16(17,5)6/h7,10H,1,8-9H2,2-6H3. The summed E-state index contributed by atoms with van der Waals surface area (Å²) in [6.45, 7) is 14.2. The molecule has 0 amide bonds. The number of fused-ring (bicyclic) bond motifs is 1. The van der Waals surface area contributed by atoms with E-state index in [0.717, 1.165) is 24.1 Å². The first-order valence-corrected chi connectivity index (χ1v) is 6.61. The molecule has 0 N–H and O–H groups in total. The van der Waals surface area contributed by atoms with Crippen molar-refractivity contribution < 1.29 is 4.79 Å². The molecule has 0 saturated heterocycles. The number of hydrogen-bond acceptors (Lipinski definition) is 1. The van der Waals surface area contributed by atoms with Gasteiger partial charge in [0.1, 0.15) is 0 Å². The Morgan fingerprint density at radius 2 is 2.06 bits per heavy atom. The van der Waals surface area contributed by atoms with Gasteiger partial charge in [-0.1, -0.05) is 33.4 Å². The van der Waals surface area contributed by atoms with Gasteiger partial charge in [-0.2, -0.15) is 0 Å². The molecule has 0 fully saturated rings. The Morgan fingerprint density at radius 1 is 1.44 bits per heavy atom. The van der Waals surface area contributed by atoms with Gasteiger partial charge >= 0.3 is 0 Å². The highest BCUT2D eigenvalue weighted by molar-refractivity contribution is 5.99. The van der Waals surface area contributed by atoms with Crippen LogP contribution < -0.4 is 0 Å². The summed E-state index contributed by atoms with van der Waals surface area (Å²) >= 11 is 0. The molecule has 2 heteroatoms. The van der Waals surface area contributed by atoms with Gasteiger partial charge in [-0.15, -0.1) is 0 Å². The lowest BCUT2D eigenvalue weighted by Gasteiger charge is -2.26. The third-order valence-electron chi connectivity index (χ3n) is 3.85. The third-order valence-corrected chi connectivity index (χ3v) is 3.85. The van der Waals surface area contributed by atoms with Gasteiger partial charge < -0.3 is 4.57 Å². The lowest BCUT2D eigenvalue weighted by molar-refractivity contribution is 0.0842. The first-order chi connectivity index (χ1) is 8.18. The van der Waals surface area contributed by atoms with Crippen LogP contribution in [0.5, 0.6) is 0 Å². The predicted molar refractivity (Wildman–Crippen MR) is 76.0 cm³/mol. The lowest BCUT2D eigenvalue weighted by atomic mass is 9.88. The predicted octanol–water partition coefficient (Wildman–Crippen LogP) is 4.04. The van der Waals surface area contributed by atoms with Crippen molar-refractivity contribution in [2.24, 2.45) is 5.41 Å². The van der Waals surface area contributed by atoms with E-state index in [-0.39, 0.29) is 16.7 Å². The van der Waals surface area contributed by atoms with Crippen molar-refractivity contribution in [1.29, 1.82) is 0 Å². The highest BCUT2D eigenvalue weighted by atomic mass is 16.1. The summed E-state index contributed by atoms with van der Waals surface area (Å²) in [5, 5.41) is 0. The second kappa shape index (κ2) is 3.84. The summed E-state index contributed by atoms with van der Waals surface area (Å²) in [6.07, 6.45) is 3.99. The van der Waals surface area contributed by atoms with E-state index < -0.39 is 0 Å². The Morgan fingerprint density at radius 3 is 2.56 bits per heavy atom. The lowest BCUT2D eigenvalue weighted by Crippen LogP contribution is -2.29. The van der Waals surface area contributed by atoms with Gasteiger partial charge in [-0.25, -0.2) is 0 Å². The molecule has 98 valence electrons. The van der Waals surface area contributed by atoms with Crippen molar-refractivity contribution in [2.75, 3.05) is 0 Å². The van der Waals surface area contributed by atoms with Crippen molar-refractivity contribution in [3.63, 3.8) is 0 Å². The topological polar surface area (TPSA) is 22.0 Å². The minimum Gasteiger partial charge on any atom is -0.336 e. The van der Waals surface area contributed by atoms with Crippen LogP contribution in [0.15, 0.2) is 12.6 Å². The molecule has 0 radical (unpaired) electrons.